The third-order valence-corrected chi connectivity index (χ3v) is 14.4. The summed E-state index contributed by atoms with van der Waals surface area (Å²) >= 11 is 0. The van der Waals surface area contributed by atoms with Gasteiger partial charge in [0.2, 0.25) is 17.4 Å². The van der Waals surface area contributed by atoms with E-state index in [1.54, 1.807) is 109 Å². The van der Waals surface area contributed by atoms with Gasteiger partial charge in [0.15, 0.2) is 34.5 Å². The van der Waals surface area contributed by atoms with Gasteiger partial charge >= 0.3 is 0 Å². The summed E-state index contributed by atoms with van der Waals surface area (Å²) in [4.78, 5) is 0. The Balaban J connectivity index is 0.782. The summed E-state index contributed by atoms with van der Waals surface area (Å²) in [6.45, 7) is 13.2. The summed E-state index contributed by atoms with van der Waals surface area (Å²) in [5.41, 5.74) is 3.13. The number of nitrogens with zero attached hydrogens (tertiary/aromatic N) is 3. The maximum Gasteiger partial charge on any atom is 0.246 e. The molecule has 85 heavy (non-hydrogen) atoms. The molecule has 0 aliphatic carbocycles. The van der Waals surface area contributed by atoms with Gasteiger partial charge in [0.25, 0.3) is 0 Å². The SMILES string of the molecule is CC1(C)Oc2ccc(Oc3cccc(Oc4ccc(CCC(C)(c5ccc(Oc6cccc(Oc7ccc8c(c7)OC(C)(C)O8)c6C#N)cc5)c5ccc(Oc6cccc(Oc7ccc8c(c7)OC(C)(C)O8)c6C#N)cc5)cc4)c3C#N)cc2O1. The highest BCUT2D eigenvalue weighted by Crippen LogP contribution is 2.47. The molecule has 0 amide bonds. The molecule has 0 fully saturated rings. The molecule has 3 aliphatic heterocycles. The Hall–Kier alpha value is -11.0. The highest BCUT2D eigenvalue weighted by atomic mass is 16.7. The molecular formula is C70H55N3O12. The van der Waals surface area contributed by atoms with Crippen LogP contribution in [0.5, 0.6) is 103 Å². The second-order valence-electron chi connectivity index (χ2n) is 22.0. The van der Waals surface area contributed by atoms with Crippen LogP contribution in [0, 0.1) is 34.0 Å². The lowest BCUT2D eigenvalue weighted by Gasteiger charge is -2.32. The first-order chi connectivity index (χ1) is 40.9. The van der Waals surface area contributed by atoms with Crippen LogP contribution in [0.4, 0.5) is 0 Å². The number of nitriles is 3. The molecule has 0 unspecified atom stereocenters. The highest BCUT2D eigenvalue weighted by molar-refractivity contribution is 5.60. The van der Waals surface area contributed by atoms with E-state index in [1.807, 2.05) is 114 Å². The summed E-state index contributed by atoms with van der Waals surface area (Å²) in [6.07, 6.45) is 1.32. The van der Waals surface area contributed by atoms with E-state index in [2.05, 4.69) is 25.1 Å². The summed E-state index contributed by atoms with van der Waals surface area (Å²) in [7, 11) is 0. The van der Waals surface area contributed by atoms with E-state index in [0.29, 0.717) is 116 Å². The number of rotatable bonds is 17. The van der Waals surface area contributed by atoms with Crippen LogP contribution < -0.4 is 56.8 Å². The molecule has 15 nitrogen and oxygen atoms in total. The summed E-state index contributed by atoms with van der Waals surface area (Å²) in [5, 5.41) is 31.2. The Bertz CT molecular complexity index is 4000. The van der Waals surface area contributed by atoms with Crippen molar-refractivity contribution in [3.63, 3.8) is 0 Å². The number of ether oxygens (including phenoxy) is 12. The topological polar surface area (TPSA) is 182 Å². The average Bonchev–Trinajstić information content (AvgIpc) is 2.87. The second-order valence-corrected chi connectivity index (χ2v) is 22.0. The number of hydrogen-bond acceptors (Lipinski definition) is 15. The molecule has 0 aromatic heterocycles. The van der Waals surface area contributed by atoms with Crippen LogP contribution in [0.2, 0.25) is 0 Å². The fourth-order valence-electron chi connectivity index (χ4n) is 10.3. The summed E-state index contributed by atoms with van der Waals surface area (Å²) in [6, 6.07) is 61.7. The normalized spacial score (nSPS) is 14.3. The zero-order valence-corrected chi connectivity index (χ0v) is 47.5. The fourth-order valence-corrected chi connectivity index (χ4v) is 10.3. The molecule has 0 atom stereocenters. The van der Waals surface area contributed by atoms with Crippen molar-refractivity contribution >= 4 is 0 Å². The van der Waals surface area contributed by atoms with Crippen molar-refractivity contribution in [1.82, 2.24) is 0 Å². The van der Waals surface area contributed by atoms with Crippen molar-refractivity contribution in [1.29, 1.82) is 15.8 Å². The molecule has 0 bridgehead atoms. The van der Waals surface area contributed by atoms with Gasteiger partial charge in [0, 0.05) is 65.2 Å². The standard InChI is InChI=1S/C70H55N3O12/c1-67(2)80-61-32-29-49(37-64(61)83-67)77-58-14-8-11-55(52(58)40-71)74-46-23-17-43(18-24-46)35-36-70(7,44-19-25-47(26-20-44)75-56-12-9-15-59(53(56)41-72)78-50-30-33-62-65(38-50)84-68(3,4)81-62)45-21-27-48(28-22-45)76-57-13-10-16-60(54(57)42-73)79-51-31-34-63-66(39-51)85-69(5,6)82-63/h8-34,37-39H,35-36H2,1-7H3. The molecule has 0 saturated heterocycles. The van der Waals surface area contributed by atoms with Gasteiger partial charge in [0.1, 0.15) is 104 Å². The minimum absolute atomic E-state index is 0.221. The van der Waals surface area contributed by atoms with E-state index in [9.17, 15) is 15.8 Å². The Morgan fingerprint density at radius 2 is 0.600 bits per heavy atom. The van der Waals surface area contributed by atoms with Crippen molar-refractivity contribution < 1.29 is 56.8 Å². The van der Waals surface area contributed by atoms with E-state index in [1.165, 1.54) is 0 Å². The maximum absolute atomic E-state index is 10.4. The quantitative estimate of drug-likeness (QED) is 0.0839. The summed E-state index contributed by atoms with van der Waals surface area (Å²) in [5.74, 6) is 6.01. The molecule has 3 aliphatic rings. The van der Waals surface area contributed by atoms with Crippen LogP contribution >= 0.6 is 0 Å². The Morgan fingerprint density at radius 3 is 0.894 bits per heavy atom. The number of benzene rings is 9. The van der Waals surface area contributed by atoms with Gasteiger partial charge < -0.3 is 56.8 Å². The second kappa shape index (κ2) is 21.7. The fraction of sp³-hybridized carbons (Fsp3) is 0.186. The van der Waals surface area contributed by atoms with Crippen LogP contribution in [0.3, 0.4) is 0 Å². The predicted molar refractivity (Wildman–Crippen MR) is 313 cm³/mol. The maximum atomic E-state index is 10.4. The monoisotopic (exact) mass is 1130 g/mol. The third kappa shape index (κ3) is 11.6. The number of hydrogen-bond donors (Lipinski definition) is 0. The first-order valence-corrected chi connectivity index (χ1v) is 27.4. The van der Waals surface area contributed by atoms with Crippen LogP contribution in [-0.2, 0) is 11.8 Å². The van der Waals surface area contributed by atoms with Gasteiger partial charge in [-0.3, -0.25) is 0 Å². The van der Waals surface area contributed by atoms with Gasteiger partial charge in [-0.25, -0.2) is 0 Å². The molecule has 422 valence electrons. The molecule has 0 spiro atoms. The molecular weight excluding hydrogens is 1070 g/mol. The van der Waals surface area contributed by atoms with Crippen molar-refractivity contribution in [2.75, 3.05) is 0 Å². The van der Waals surface area contributed by atoms with Crippen LogP contribution in [-0.4, -0.2) is 17.4 Å². The molecule has 12 rings (SSSR count). The van der Waals surface area contributed by atoms with Gasteiger partial charge in [-0.2, -0.15) is 15.8 Å². The van der Waals surface area contributed by atoms with E-state index >= 15 is 0 Å². The van der Waals surface area contributed by atoms with Gasteiger partial charge in [-0.1, -0.05) is 61.5 Å². The molecule has 9 aromatic carbocycles. The molecule has 3 heterocycles. The lowest BCUT2D eigenvalue weighted by molar-refractivity contribution is -0.0437. The van der Waals surface area contributed by atoms with Crippen LogP contribution in [0.1, 0.15) is 88.3 Å². The number of fused-ring (bicyclic) bond motifs is 3. The van der Waals surface area contributed by atoms with Crippen molar-refractivity contribution in [3.8, 4) is 122 Å². The first-order valence-electron chi connectivity index (χ1n) is 27.4. The van der Waals surface area contributed by atoms with Crippen molar-refractivity contribution in [2.45, 2.75) is 84.1 Å². The van der Waals surface area contributed by atoms with Gasteiger partial charge in [-0.05, 0) is 139 Å². The Kier molecular flexibility index (Phi) is 14.0. The Labute approximate surface area is 491 Å². The summed E-state index contributed by atoms with van der Waals surface area (Å²) < 4.78 is 73.0. The van der Waals surface area contributed by atoms with Crippen LogP contribution in [0.25, 0.3) is 0 Å². The van der Waals surface area contributed by atoms with Gasteiger partial charge in [-0.15, -0.1) is 0 Å². The molecule has 0 saturated carbocycles. The lowest BCUT2D eigenvalue weighted by Crippen LogP contribution is -2.29. The molecule has 0 N–H and O–H groups in total. The van der Waals surface area contributed by atoms with Crippen LogP contribution in [0.15, 0.2) is 182 Å². The largest absolute Gasteiger partial charge is 0.456 e. The zero-order valence-electron chi connectivity index (χ0n) is 47.5. The van der Waals surface area contributed by atoms with E-state index < -0.39 is 22.8 Å². The highest BCUT2D eigenvalue weighted by Gasteiger charge is 2.35. The third-order valence-electron chi connectivity index (χ3n) is 14.4. The average molecular weight is 1130 g/mol. The molecule has 9 aromatic rings. The van der Waals surface area contributed by atoms with E-state index in [0.717, 1.165) is 16.7 Å². The minimum atomic E-state index is -0.805. The lowest BCUT2D eigenvalue weighted by atomic mass is 9.72. The Morgan fingerprint density at radius 1 is 0.341 bits per heavy atom. The van der Waals surface area contributed by atoms with E-state index in [-0.39, 0.29) is 16.7 Å². The first kappa shape index (κ1) is 54.6. The van der Waals surface area contributed by atoms with Crippen molar-refractivity contribution in [3.05, 3.63) is 215 Å². The van der Waals surface area contributed by atoms with E-state index in [4.69, 9.17) is 56.8 Å². The smallest absolute Gasteiger partial charge is 0.246 e. The molecule has 15 heteroatoms. The predicted octanol–water partition coefficient (Wildman–Crippen LogP) is 17.5. The molecule has 0 radical (unpaired) electrons. The zero-order chi connectivity index (χ0) is 59.1. The van der Waals surface area contributed by atoms with Crippen molar-refractivity contribution in [2.24, 2.45) is 0 Å². The number of aryl methyl sites for hydroxylation is 1. The minimum Gasteiger partial charge on any atom is -0.456 e. The van der Waals surface area contributed by atoms with Gasteiger partial charge in [0.05, 0.1) is 0 Å².